The third kappa shape index (κ3) is 3.90. The molecular formula is C18H10N6O6. The number of hydrogen-bond acceptors (Lipinski definition) is 9. The van der Waals surface area contributed by atoms with Crippen LogP contribution in [0.3, 0.4) is 0 Å². The Kier molecular flexibility index (Phi) is 5.37. The van der Waals surface area contributed by atoms with Crippen LogP contribution in [0.15, 0.2) is 48.7 Å². The molecule has 1 aromatic heterocycles. The second-order valence-electron chi connectivity index (χ2n) is 5.89. The van der Waals surface area contributed by atoms with Crippen LogP contribution in [0, 0.1) is 31.6 Å². The van der Waals surface area contributed by atoms with Crippen LogP contribution in [-0.4, -0.2) is 31.5 Å². The number of nitrogens with one attached hydrogen (secondary N) is 1. The average molecular weight is 406 g/mol. The first-order valence-corrected chi connectivity index (χ1v) is 8.20. The number of amides is 1. The maximum absolute atomic E-state index is 12.5. The summed E-state index contributed by atoms with van der Waals surface area (Å²) in [6.45, 7) is 0. The number of benzene rings is 2. The Morgan fingerprint density at radius 3 is 2.50 bits per heavy atom. The standard InChI is InChI=1S/C18H10N6O6/c19-8-10-3-1-2-4-12(10)22-18(26)17(25)16(24(29)30)15-9-20-13-6-5-11(23(27)28)7-14(13)21-15/h1-7,9,16H,(H,22,26). The number of ketones is 1. The summed E-state index contributed by atoms with van der Waals surface area (Å²) in [5.74, 6) is -2.76. The van der Waals surface area contributed by atoms with Gasteiger partial charge in [-0.25, -0.2) is 4.98 Å². The van der Waals surface area contributed by atoms with E-state index in [0.29, 0.717) is 0 Å². The lowest BCUT2D eigenvalue weighted by Gasteiger charge is -2.10. The lowest BCUT2D eigenvalue weighted by atomic mass is 10.1. The minimum Gasteiger partial charge on any atom is -0.318 e. The number of hydrogen-bond donors (Lipinski definition) is 1. The Hall–Kier alpha value is -4.79. The highest BCUT2D eigenvalue weighted by Gasteiger charge is 2.39. The molecule has 12 heteroatoms. The molecule has 1 atom stereocenters. The lowest BCUT2D eigenvalue weighted by molar-refractivity contribution is -0.513. The number of rotatable bonds is 6. The van der Waals surface area contributed by atoms with Gasteiger partial charge in [-0.15, -0.1) is 0 Å². The summed E-state index contributed by atoms with van der Waals surface area (Å²) in [6.07, 6.45) is 0.954. The summed E-state index contributed by atoms with van der Waals surface area (Å²) < 4.78 is 0. The van der Waals surface area contributed by atoms with Crippen molar-refractivity contribution in [3.8, 4) is 6.07 Å². The smallest absolute Gasteiger partial charge is 0.318 e. The Morgan fingerprint density at radius 1 is 1.10 bits per heavy atom. The largest absolute Gasteiger partial charge is 0.322 e. The van der Waals surface area contributed by atoms with Crippen LogP contribution >= 0.6 is 0 Å². The number of carbonyl (C=O) groups excluding carboxylic acids is 2. The van der Waals surface area contributed by atoms with Crippen molar-refractivity contribution in [1.82, 2.24) is 9.97 Å². The molecule has 0 aliphatic carbocycles. The second kappa shape index (κ2) is 8.07. The normalized spacial score (nSPS) is 11.3. The zero-order valence-electron chi connectivity index (χ0n) is 14.9. The number of nitrogens with zero attached hydrogens (tertiary/aromatic N) is 5. The molecule has 0 fully saturated rings. The topological polar surface area (TPSA) is 182 Å². The van der Waals surface area contributed by atoms with Gasteiger partial charge in [-0.05, 0) is 18.2 Å². The molecule has 3 rings (SSSR count). The van der Waals surface area contributed by atoms with Gasteiger partial charge in [0.2, 0.25) is 0 Å². The first kappa shape index (κ1) is 20.0. The van der Waals surface area contributed by atoms with E-state index in [1.54, 1.807) is 6.07 Å². The minimum atomic E-state index is -2.18. The van der Waals surface area contributed by atoms with Crippen LogP contribution < -0.4 is 5.32 Å². The quantitative estimate of drug-likeness (QED) is 0.363. The van der Waals surface area contributed by atoms with E-state index in [-0.39, 0.29) is 28.0 Å². The Morgan fingerprint density at radius 2 is 1.83 bits per heavy atom. The van der Waals surface area contributed by atoms with Gasteiger partial charge >= 0.3 is 6.04 Å². The van der Waals surface area contributed by atoms with Gasteiger partial charge in [-0.1, -0.05) is 12.1 Å². The molecule has 1 N–H and O–H groups in total. The SMILES string of the molecule is N#Cc1ccccc1NC(=O)C(=O)C(c1cnc2ccc([N+](=O)[O-])cc2n1)[N+](=O)[O-]. The van der Waals surface area contributed by atoms with Crippen LogP contribution in [0.5, 0.6) is 0 Å². The first-order chi connectivity index (χ1) is 14.3. The van der Waals surface area contributed by atoms with Crippen molar-refractivity contribution in [3.05, 3.63) is 80.1 Å². The van der Waals surface area contributed by atoms with Crippen molar-refractivity contribution >= 4 is 34.1 Å². The van der Waals surface area contributed by atoms with Crippen LogP contribution in [0.1, 0.15) is 17.3 Å². The second-order valence-corrected chi connectivity index (χ2v) is 5.89. The van der Waals surface area contributed by atoms with Crippen LogP contribution in [-0.2, 0) is 9.59 Å². The van der Waals surface area contributed by atoms with Crippen LogP contribution in [0.4, 0.5) is 11.4 Å². The van der Waals surface area contributed by atoms with Gasteiger partial charge in [0.05, 0.1) is 33.4 Å². The molecule has 0 aliphatic heterocycles. The summed E-state index contributed by atoms with van der Waals surface area (Å²) in [6, 6.07) is 8.99. The van der Waals surface area contributed by atoms with Crippen molar-refractivity contribution in [2.45, 2.75) is 6.04 Å². The summed E-state index contributed by atoms with van der Waals surface area (Å²) in [5, 5.41) is 33.6. The zero-order chi connectivity index (χ0) is 21.8. The van der Waals surface area contributed by atoms with Crippen LogP contribution in [0.2, 0.25) is 0 Å². The predicted octanol–water partition coefficient (Wildman–Crippen LogP) is 1.94. The molecule has 2 aromatic carbocycles. The molecule has 0 bridgehead atoms. The molecule has 3 aromatic rings. The van der Waals surface area contributed by atoms with E-state index in [0.717, 1.165) is 12.3 Å². The van der Waals surface area contributed by atoms with Crippen LogP contribution in [0.25, 0.3) is 11.0 Å². The van der Waals surface area contributed by atoms with Gasteiger partial charge in [0, 0.05) is 17.1 Å². The molecule has 148 valence electrons. The molecule has 0 saturated carbocycles. The predicted molar refractivity (Wildman–Crippen MR) is 101 cm³/mol. The fraction of sp³-hybridized carbons (Fsp3) is 0.0556. The number of nitriles is 1. The highest BCUT2D eigenvalue weighted by molar-refractivity contribution is 6.42. The summed E-state index contributed by atoms with van der Waals surface area (Å²) >= 11 is 0. The molecular weight excluding hydrogens is 396 g/mol. The molecule has 0 spiro atoms. The van der Waals surface area contributed by atoms with E-state index >= 15 is 0 Å². The maximum Gasteiger partial charge on any atom is 0.322 e. The minimum absolute atomic E-state index is 0.0145. The van der Waals surface area contributed by atoms with E-state index in [4.69, 9.17) is 5.26 Å². The average Bonchev–Trinajstić information content (AvgIpc) is 2.73. The third-order valence-electron chi connectivity index (χ3n) is 4.01. The number of nitro benzene ring substituents is 1. The Bertz CT molecular complexity index is 1250. The molecule has 0 saturated heterocycles. The van der Waals surface area contributed by atoms with Gasteiger partial charge in [-0.2, -0.15) is 5.26 Å². The summed E-state index contributed by atoms with van der Waals surface area (Å²) in [5.41, 5.74) is -0.525. The molecule has 1 amide bonds. The van der Waals surface area contributed by atoms with E-state index < -0.39 is 33.3 Å². The zero-order valence-corrected chi connectivity index (χ0v) is 14.9. The van der Waals surface area contributed by atoms with Crippen molar-refractivity contribution in [1.29, 1.82) is 5.26 Å². The molecule has 0 aliphatic rings. The number of nitro groups is 2. The molecule has 1 unspecified atom stereocenters. The lowest BCUT2D eigenvalue weighted by Crippen LogP contribution is -2.33. The van der Waals surface area contributed by atoms with E-state index in [2.05, 4.69) is 15.3 Å². The highest BCUT2D eigenvalue weighted by atomic mass is 16.6. The van der Waals surface area contributed by atoms with Crippen molar-refractivity contribution in [3.63, 3.8) is 0 Å². The van der Waals surface area contributed by atoms with Crippen molar-refractivity contribution in [2.24, 2.45) is 0 Å². The number of carbonyl (C=O) groups is 2. The molecule has 1 heterocycles. The van der Waals surface area contributed by atoms with E-state index in [1.165, 1.54) is 30.3 Å². The first-order valence-electron chi connectivity index (χ1n) is 8.20. The number of non-ortho nitro benzene ring substituents is 1. The number of Topliss-reactive ketones (excluding diaryl/α,β-unsaturated/α-hetero) is 1. The summed E-state index contributed by atoms with van der Waals surface area (Å²) in [7, 11) is 0. The number of para-hydroxylation sites is 1. The van der Waals surface area contributed by atoms with Crippen molar-refractivity contribution < 1.29 is 19.4 Å². The number of anilines is 1. The third-order valence-corrected chi connectivity index (χ3v) is 4.01. The Balaban J connectivity index is 1.96. The molecule has 0 radical (unpaired) electrons. The van der Waals surface area contributed by atoms with E-state index in [1.807, 2.05) is 6.07 Å². The number of fused-ring (bicyclic) bond motifs is 1. The van der Waals surface area contributed by atoms with Crippen molar-refractivity contribution in [2.75, 3.05) is 5.32 Å². The van der Waals surface area contributed by atoms with Gasteiger partial charge < -0.3 is 5.32 Å². The highest BCUT2D eigenvalue weighted by Crippen LogP contribution is 2.22. The molecule has 30 heavy (non-hydrogen) atoms. The fourth-order valence-corrected chi connectivity index (χ4v) is 2.60. The molecule has 12 nitrogen and oxygen atoms in total. The van der Waals surface area contributed by atoms with E-state index in [9.17, 15) is 29.8 Å². The number of aromatic nitrogens is 2. The monoisotopic (exact) mass is 406 g/mol. The van der Waals surface area contributed by atoms with Gasteiger partial charge in [-0.3, -0.25) is 34.8 Å². The van der Waals surface area contributed by atoms with Gasteiger partial charge in [0.15, 0.2) is 0 Å². The maximum atomic E-state index is 12.5. The fourth-order valence-electron chi connectivity index (χ4n) is 2.60. The van der Waals surface area contributed by atoms with Gasteiger partial charge in [0.1, 0.15) is 11.8 Å². The van der Waals surface area contributed by atoms with Gasteiger partial charge in [0.25, 0.3) is 17.4 Å². The summed E-state index contributed by atoms with van der Waals surface area (Å²) in [4.78, 5) is 53.4. The Labute approximate surface area is 167 Å².